The first-order valence-electron chi connectivity index (χ1n) is 7.94. The number of aliphatic hydroxyl groups excluding tert-OH is 1. The molecule has 9 nitrogen and oxygen atoms in total. The average molecular weight is 472 g/mol. The van der Waals surface area contributed by atoms with Gasteiger partial charge in [-0.3, -0.25) is 4.57 Å². The summed E-state index contributed by atoms with van der Waals surface area (Å²) in [6.07, 6.45) is -2.01. The largest absolute Gasteiger partial charge is 0.443 e. The zero-order valence-corrected chi connectivity index (χ0v) is 19.3. The SMILES string of the molecule is COP(=O)(CN(C(=O)OC(C)(C)C)S(=O)(=O)c1cc2sc(CO)cc2s1)OC. The third kappa shape index (κ3) is 5.12. The first-order valence-corrected chi connectivity index (χ1v) is 12.7. The summed E-state index contributed by atoms with van der Waals surface area (Å²) in [5.41, 5.74) is -0.971. The summed E-state index contributed by atoms with van der Waals surface area (Å²) in [4.78, 5) is 13.3. The third-order valence-corrected chi connectivity index (χ3v) is 9.76. The Morgan fingerprint density at radius 1 is 1.18 bits per heavy atom. The Kier molecular flexibility index (Phi) is 6.97. The van der Waals surface area contributed by atoms with Crippen molar-refractivity contribution in [2.24, 2.45) is 0 Å². The van der Waals surface area contributed by atoms with Crippen molar-refractivity contribution in [3.63, 3.8) is 0 Å². The first kappa shape index (κ1) is 23.3. The molecule has 0 saturated carbocycles. The Balaban J connectivity index is 2.49. The van der Waals surface area contributed by atoms with Gasteiger partial charge in [-0.05, 0) is 32.9 Å². The number of fused-ring (bicyclic) bond motifs is 1. The molecule has 0 spiro atoms. The summed E-state index contributed by atoms with van der Waals surface area (Å²) in [6.45, 7) is 4.60. The standard InChI is InChI=1S/C15H22NO8PS3/c1-15(2,3)24-14(18)16(9-25(19,22-4)23-5)28(20,21)13-7-12-11(27-13)6-10(8-17)26-12/h6-7,17H,8-9H2,1-5H3. The van der Waals surface area contributed by atoms with Gasteiger partial charge in [-0.1, -0.05) is 0 Å². The number of carbonyl (C=O) groups excluding carboxylic acids is 1. The van der Waals surface area contributed by atoms with E-state index in [9.17, 15) is 22.9 Å². The van der Waals surface area contributed by atoms with Crippen molar-refractivity contribution >= 4 is 55.8 Å². The maximum absolute atomic E-state index is 13.1. The number of aliphatic hydroxyl groups is 1. The second-order valence-electron chi connectivity index (χ2n) is 6.62. The lowest BCUT2D eigenvalue weighted by molar-refractivity contribution is 0.0402. The first-order chi connectivity index (χ1) is 12.8. The molecule has 0 atom stereocenters. The molecule has 0 aliphatic carbocycles. The summed E-state index contributed by atoms with van der Waals surface area (Å²) in [5.74, 6) is 0. The van der Waals surface area contributed by atoms with Crippen LogP contribution in [0.5, 0.6) is 0 Å². The van der Waals surface area contributed by atoms with Crippen molar-refractivity contribution in [3.8, 4) is 0 Å². The molecule has 1 amide bonds. The van der Waals surface area contributed by atoms with E-state index in [0.29, 0.717) is 18.6 Å². The van der Waals surface area contributed by atoms with Crippen LogP contribution in [0.2, 0.25) is 0 Å². The monoisotopic (exact) mass is 471 g/mol. The Morgan fingerprint density at radius 2 is 1.75 bits per heavy atom. The highest BCUT2D eigenvalue weighted by atomic mass is 32.2. The van der Waals surface area contributed by atoms with E-state index in [1.165, 1.54) is 17.4 Å². The number of rotatable bonds is 7. The highest BCUT2D eigenvalue weighted by Gasteiger charge is 2.40. The van der Waals surface area contributed by atoms with Crippen LogP contribution in [0.3, 0.4) is 0 Å². The summed E-state index contributed by atoms with van der Waals surface area (Å²) in [7, 11) is -6.08. The van der Waals surface area contributed by atoms with Crippen molar-refractivity contribution in [2.45, 2.75) is 37.2 Å². The molecule has 2 aromatic rings. The van der Waals surface area contributed by atoms with E-state index < -0.39 is 35.6 Å². The quantitative estimate of drug-likeness (QED) is 0.605. The number of thiophene rings is 2. The topological polar surface area (TPSA) is 119 Å². The van der Waals surface area contributed by atoms with E-state index in [-0.39, 0.29) is 10.8 Å². The van der Waals surface area contributed by atoms with Crippen molar-refractivity contribution in [1.29, 1.82) is 0 Å². The van der Waals surface area contributed by atoms with E-state index in [1.54, 1.807) is 26.8 Å². The zero-order chi connectivity index (χ0) is 21.3. The fourth-order valence-corrected chi connectivity index (χ4v) is 7.68. The molecule has 13 heteroatoms. The van der Waals surface area contributed by atoms with Gasteiger partial charge in [0.25, 0.3) is 10.0 Å². The normalized spacial score (nSPS) is 13.1. The molecular formula is C15H22NO8PS3. The molecule has 0 unspecified atom stereocenters. The van der Waals surface area contributed by atoms with Gasteiger partial charge in [-0.15, -0.1) is 22.7 Å². The second-order valence-corrected chi connectivity index (χ2v) is 13.2. The fourth-order valence-electron chi connectivity index (χ4n) is 2.07. The molecule has 0 fully saturated rings. The minimum Gasteiger partial charge on any atom is -0.443 e. The molecule has 2 aromatic heterocycles. The third-order valence-electron chi connectivity index (χ3n) is 3.39. The number of ether oxygens (including phenoxy) is 1. The number of hydrogen-bond donors (Lipinski definition) is 1. The van der Waals surface area contributed by atoms with Crippen LogP contribution < -0.4 is 0 Å². The Labute approximate surface area is 171 Å². The Morgan fingerprint density at radius 3 is 2.21 bits per heavy atom. The van der Waals surface area contributed by atoms with Crippen LogP contribution in [-0.4, -0.2) is 50.0 Å². The molecule has 0 bridgehead atoms. The van der Waals surface area contributed by atoms with E-state index in [4.69, 9.17) is 13.8 Å². The van der Waals surface area contributed by atoms with Crippen LogP contribution in [0.15, 0.2) is 16.3 Å². The summed E-state index contributed by atoms with van der Waals surface area (Å²) < 4.78 is 55.2. The number of hydrogen-bond acceptors (Lipinski definition) is 10. The molecule has 0 aliphatic rings. The van der Waals surface area contributed by atoms with Crippen molar-refractivity contribution in [1.82, 2.24) is 4.31 Å². The maximum atomic E-state index is 13.1. The minimum absolute atomic E-state index is 0.122. The lowest BCUT2D eigenvalue weighted by Crippen LogP contribution is -2.41. The average Bonchev–Trinajstić information content (AvgIpc) is 3.16. The molecule has 158 valence electrons. The Hall–Kier alpha value is -1.01. The lowest BCUT2D eigenvalue weighted by atomic mass is 10.2. The second kappa shape index (κ2) is 8.39. The molecule has 0 aliphatic heterocycles. The van der Waals surface area contributed by atoms with Gasteiger partial charge in [0.05, 0.1) is 6.61 Å². The van der Waals surface area contributed by atoms with Gasteiger partial charge in [0, 0.05) is 28.5 Å². The predicted octanol–water partition coefficient (Wildman–Crippen LogP) is 3.82. The van der Waals surface area contributed by atoms with Gasteiger partial charge in [-0.25, -0.2) is 4.79 Å². The van der Waals surface area contributed by atoms with E-state index in [2.05, 4.69) is 0 Å². The van der Waals surface area contributed by atoms with Crippen molar-refractivity contribution < 1.29 is 36.7 Å². The van der Waals surface area contributed by atoms with Gasteiger partial charge in [0.1, 0.15) is 16.1 Å². The van der Waals surface area contributed by atoms with Crippen LogP contribution in [0, 0.1) is 0 Å². The molecule has 28 heavy (non-hydrogen) atoms. The van der Waals surface area contributed by atoms with Gasteiger partial charge < -0.3 is 18.9 Å². The molecule has 1 N–H and O–H groups in total. The highest BCUT2D eigenvalue weighted by molar-refractivity contribution is 7.92. The predicted molar refractivity (Wildman–Crippen MR) is 107 cm³/mol. The molecular weight excluding hydrogens is 449 g/mol. The maximum Gasteiger partial charge on any atom is 0.424 e. The number of amides is 1. The van der Waals surface area contributed by atoms with Gasteiger partial charge in [0.15, 0.2) is 0 Å². The van der Waals surface area contributed by atoms with Crippen molar-refractivity contribution in [2.75, 3.05) is 20.5 Å². The summed E-state index contributed by atoms with van der Waals surface area (Å²) in [5, 5.41) is 9.21. The smallest absolute Gasteiger partial charge is 0.424 e. The minimum atomic E-state index is -4.39. The van der Waals surface area contributed by atoms with Crippen LogP contribution in [0.25, 0.3) is 9.40 Å². The summed E-state index contributed by atoms with van der Waals surface area (Å²) >= 11 is 2.18. The van der Waals surface area contributed by atoms with Gasteiger partial charge in [-0.2, -0.15) is 12.7 Å². The van der Waals surface area contributed by atoms with E-state index in [1.807, 2.05) is 0 Å². The molecule has 0 aromatic carbocycles. The lowest BCUT2D eigenvalue weighted by Gasteiger charge is -2.28. The summed E-state index contributed by atoms with van der Waals surface area (Å²) in [6, 6.07) is 3.08. The van der Waals surface area contributed by atoms with E-state index >= 15 is 0 Å². The number of sulfonamides is 1. The highest BCUT2D eigenvalue weighted by Crippen LogP contribution is 2.48. The van der Waals surface area contributed by atoms with Crippen LogP contribution >= 0.6 is 30.3 Å². The number of nitrogens with zero attached hydrogens (tertiary/aromatic N) is 1. The number of carbonyl (C=O) groups is 1. The van der Waals surface area contributed by atoms with Gasteiger partial charge in [0.2, 0.25) is 0 Å². The van der Waals surface area contributed by atoms with E-state index in [0.717, 1.165) is 25.6 Å². The van der Waals surface area contributed by atoms with Crippen LogP contribution in [0.4, 0.5) is 4.79 Å². The van der Waals surface area contributed by atoms with Gasteiger partial charge >= 0.3 is 13.7 Å². The fraction of sp³-hybridized carbons (Fsp3) is 0.533. The molecule has 0 radical (unpaired) electrons. The van der Waals surface area contributed by atoms with Crippen molar-refractivity contribution in [3.05, 3.63) is 17.0 Å². The van der Waals surface area contributed by atoms with Crippen LogP contribution in [-0.2, 0) is 35.0 Å². The molecule has 2 rings (SSSR count). The Bertz CT molecular complexity index is 965. The zero-order valence-electron chi connectivity index (χ0n) is 16.0. The molecule has 2 heterocycles. The van der Waals surface area contributed by atoms with Crippen LogP contribution in [0.1, 0.15) is 25.6 Å². The molecule has 0 saturated heterocycles.